The molecule has 0 saturated heterocycles. The zero-order chi connectivity index (χ0) is 27.1. The Balaban J connectivity index is 1.39. The monoisotopic (exact) mass is 509 g/mol. The van der Waals surface area contributed by atoms with E-state index >= 15 is 0 Å². The van der Waals surface area contributed by atoms with E-state index in [1.807, 2.05) is 6.07 Å². The van der Waals surface area contributed by atoms with Crippen molar-refractivity contribution >= 4 is 29.1 Å². The van der Waals surface area contributed by atoms with E-state index in [1.54, 1.807) is 61.1 Å². The largest absolute Gasteiger partial charge is 0.449 e. The van der Waals surface area contributed by atoms with E-state index in [0.29, 0.717) is 11.4 Å². The van der Waals surface area contributed by atoms with Crippen LogP contribution in [0.15, 0.2) is 77.6 Å². The van der Waals surface area contributed by atoms with Gasteiger partial charge < -0.3 is 10.1 Å². The van der Waals surface area contributed by atoms with Gasteiger partial charge in [0.25, 0.3) is 11.5 Å². The van der Waals surface area contributed by atoms with Crippen LogP contribution in [0.2, 0.25) is 0 Å². The van der Waals surface area contributed by atoms with Gasteiger partial charge in [0.1, 0.15) is 5.69 Å². The molecule has 190 valence electrons. The fourth-order valence-corrected chi connectivity index (χ4v) is 4.53. The number of amides is 1. The third kappa shape index (κ3) is 3.94. The Morgan fingerprint density at radius 2 is 1.42 bits per heavy atom. The molecule has 1 amide bonds. The molecule has 0 fully saturated rings. The topological polar surface area (TPSA) is 116 Å². The summed E-state index contributed by atoms with van der Waals surface area (Å²) in [5, 5.41) is 2.57. The summed E-state index contributed by atoms with van der Waals surface area (Å²) in [6.45, 7) is 3.04. The molecule has 3 aromatic carbocycles. The maximum Gasteiger partial charge on any atom is 0.339 e. The molecule has 1 atom stereocenters. The number of ether oxygens (including phenoxy) is 1. The van der Waals surface area contributed by atoms with Gasteiger partial charge in [-0.2, -0.15) is 0 Å². The Bertz CT molecular complexity index is 1700. The number of ketones is 2. The van der Waals surface area contributed by atoms with E-state index < -0.39 is 29.3 Å². The first kappa shape index (κ1) is 24.6. The highest BCUT2D eigenvalue weighted by atomic mass is 16.5. The Morgan fingerprint density at radius 1 is 0.816 bits per heavy atom. The van der Waals surface area contributed by atoms with Gasteiger partial charge in [-0.05, 0) is 32.0 Å². The number of aromatic nitrogens is 2. The first-order chi connectivity index (χ1) is 18.2. The summed E-state index contributed by atoms with van der Waals surface area (Å²) in [4.78, 5) is 65.3. The first-order valence-electron chi connectivity index (χ1n) is 11.9. The van der Waals surface area contributed by atoms with Gasteiger partial charge in [0.15, 0.2) is 17.7 Å². The average Bonchev–Trinajstić information content (AvgIpc) is 3.14. The number of nitrogens with one attached hydrogen (secondary N) is 1. The molecule has 9 nitrogen and oxygen atoms in total. The van der Waals surface area contributed by atoms with Crippen molar-refractivity contribution in [3.05, 3.63) is 117 Å². The van der Waals surface area contributed by atoms with Crippen LogP contribution in [0.5, 0.6) is 0 Å². The second-order valence-electron chi connectivity index (χ2n) is 8.91. The number of benzene rings is 3. The molecule has 5 rings (SSSR count). The minimum absolute atomic E-state index is 0.0544. The van der Waals surface area contributed by atoms with Gasteiger partial charge in [-0.25, -0.2) is 9.48 Å². The van der Waals surface area contributed by atoms with Crippen LogP contribution in [0, 0.1) is 6.92 Å². The molecule has 1 aliphatic rings. The van der Waals surface area contributed by atoms with E-state index in [-0.39, 0.29) is 39.3 Å². The lowest BCUT2D eigenvalue weighted by molar-refractivity contribution is -0.123. The van der Waals surface area contributed by atoms with Gasteiger partial charge in [-0.1, -0.05) is 54.6 Å². The summed E-state index contributed by atoms with van der Waals surface area (Å²) < 4.78 is 8.41. The maximum atomic E-state index is 13.2. The Morgan fingerprint density at radius 3 is 2.11 bits per heavy atom. The number of hydrogen-bond donors (Lipinski definition) is 1. The predicted molar refractivity (Wildman–Crippen MR) is 139 cm³/mol. The van der Waals surface area contributed by atoms with Crippen molar-refractivity contribution in [2.75, 3.05) is 5.32 Å². The summed E-state index contributed by atoms with van der Waals surface area (Å²) in [6, 6.07) is 19.7. The number of carbonyl (C=O) groups excluding carboxylic acids is 4. The van der Waals surface area contributed by atoms with Gasteiger partial charge in [0.2, 0.25) is 0 Å². The van der Waals surface area contributed by atoms with E-state index in [9.17, 15) is 24.0 Å². The van der Waals surface area contributed by atoms with Gasteiger partial charge >= 0.3 is 5.97 Å². The molecule has 0 saturated carbocycles. The number of anilines is 1. The summed E-state index contributed by atoms with van der Waals surface area (Å²) in [5.41, 5.74) is 1.13. The highest BCUT2D eigenvalue weighted by Crippen LogP contribution is 2.30. The second-order valence-corrected chi connectivity index (χ2v) is 8.91. The second kappa shape index (κ2) is 9.44. The molecule has 4 aromatic rings. The number of esters is 1. The van der Waals surface area contributed by atoms with Gasteiger partial charge in [-0.15, -0.1) is 0 Å². The smallest absolute Gasteiger partial charge is 0.339 e. The maximum absolute atomic E-state index is 13.2. The SMILES string of the molecule is Cc1c(NC(=O)C(C)OC(=O)c2cccc3c2C(=O)c2ccccc2C3=O)c(=O)n(-c2ccccc2)n1C. The van der Waals surface area contributed by atoms with Crippen molar-refractivity contribution in [2.24, 2.45) is 7.05 Å². The lowest BCUT2D eigenvalue weighted by Gasteiger charge is -2.20. The lowest BCUT2D eigenvalue weighted by atomic mass is 9.82. The Kier molecular flexibility index (Phi) is 6.12. The van der Waals surface area contributed by atoms with Crippen LogP contribution >= 0.6 is 0 Å². The quantitative estimate of drug-likeness (QED) is 0.363. The molecule has 1 unspecified atom stereocenters. The molecule has 0 spiro atoms. The zero-order valence-electron chi connectivity index (χ0n) is 20.8. The molecular formula is C29H23N3O6. The number of para-hydroxylation sites is 1. The first-order valence-corrected chi connectivity index (χ1v) is 11.9. The average molecular weight is 510 g/mol. The Hall–Kier alpha value is -5.05. The number of nitrogens with zero attached hydrogens (tertiary/aromatic N) is 2. The number of hydrogen-bond acceptors (Lipinski definition) is 6. The number of fused-ring (bicyclic) bond motifs is 2. The van der Waals surface area contributed by atoms with Crippen LogP contribution in [-0.2, 0) is 16.6 Å². The summed E-state index contributed by atoms with van der Waals surface area (Å²) in [5.74, 6) is -2.50. The van der Waals surface area contributed by atoms with Crippen LogP contribution < -0.4 is 10.9 Å². The molecule has 0 bridgehead atoms. The molecule has 0 radical (unpaired) electrons. The number of carbonyl (C=O) groups is 4. The van der Waals surface area contributed by atoms with Crippen LogP contribution in [0.25, 0.3) is 5.69 Å². The highest BCUT2D eigenvalue weighted by Gasteiger charge is 2.34. The van der Waals surface area contributed by atoms with Crippen LogP contribution in [0.4, 0.5) is 5.69 Å². The fourth-order valence-electron chi connectivity index (χ4n) is 4.53. The summed E-state index contributed by atoms with van der Waals surface area (Å²) in [6.07, 6.45) is -1.30. The molecule has 0 aliphatic heterocycles. The predicted octanol–water partition coefficient (Wildman–Crippen LogP) is 3.44. The van der Waals surface area contributed by atoms with Crippen molar-refractivity contribution in [1.29, 1.82) is 0 Å². The van der Waals surface area contributed by atoms with E-state index in [0.717, 1.165) is 0 Å². The zero-order valence-corrected chi connectivity index (χ0v) is 20.8. The lowest BCUT2D eigenvalue weighted by Crippen LogP contribution is -2.33. The van der Waals surface area contributed by atoms with Crippen molar-refractivity contribution in [3.8, 4) is 5.69 Å². The molecule has 9 heteroatoms. The van der Waals surface area contributed by atoms with E-state index in [2.05, 4.69) is 5.32 Å². The molecule has 38 heavy (non-hydrogen) atoms. The third-order valence-corrected chi connectivity index (χ3v) is 6.63. The summed E-state index contributed by atoms with van der Waals surface area (Å²) >= 11 is 0. The van der Waals surface area contributed by atoms with Crippen LogP contribution in [-0.4, -0.2) is 38.9 Å². The number of rotatable bonds is 5. The van der Waals surface area contributed by atoms with Gasteiger partial charge in [-0.3, -0.25) is 23.9 Å². The molecule has 1 aromatic heterocycles. The van der Waals surface area contributed by atoms with Crippen molar-refractivity contribution < 1.29 is 23.9 Å². The minimum Gasteiger partial charge on any atom is -0.449 e. The standard InChI is InChI=1S/C29H23N3O6/c1-16-24(28(36)32(31(16)3)18-10-5-4-6-11-18)30-27(35)17(2)38-29(37)22-15-9-14-21-23(22)26(34)20-13-8-7-12-19(20)25(21)33/h4-15,17H,1-3H3,(H,30,35). The third-order valence-electron chi connectivity index (χ3n) is 6.63. The van der Waals surface area contributed by atoms with Gasteiger partial charge in [0, 0.05) is 29.3 Å². The van der Waals surface area contributed by atoms with Crippen LogP contribution in [0.3, 0.4) is 0 Å². The summed E-state index contributed by atoms with van der Waals surface area (Å²) in [7, 11) is 1.69. The highest BCUT2D eigenvalue weighted by molar-refractivity contribution is 6.30. The van der Waals surface area contributed by atoms with Crippen molar-refractivity contribution in [1.82, 2.24) is 9.36 Å². The minimum atomic E-state index is -1.30. The Labute approximate surface area is 217 Å². The van der Waals surface area contributed by atoms with E-state index in [1.165, 1.54) is 35.9 Å². The normalized spacial score (nSPS) is 12.9. The van der Waals surface area contributed by atoms with Gasteiger partial charge in [0.05, 0.1) is 16.9 Å². The molecule has 1 N–H and O–H groups in total. The molecule has 1 aliphatic carbocycles. The fraction of sp³-hybridized carbons (Fsp3) is 0.138. The molecule has 1 heterocycles. The van der Waals surface area contributed by atoms with E-state index in [4.69, 9.17) is 4.74 Å². The van der Waals surface area contributed by atoms with Crippen molar-refractivity contribution in [2.45, 2.75) is 20.0 Å². The van der Waals surface area contributed by atoms with Crippen LogP contribution in [0.1, 0.15) is 54.8 Å². The molecular weight excluding hydrogens is 486 g/mol. The van der Waals surface area contributed by atoms with Crippen molar-refractivity contribution in [3.63, 3.8) is 0 Å².